The molecule has 0 saturated carbocycles. The molecule has 0 spiro atoms. The lowest BCUT2D eigenvalue weighted by atomic mass is 10.2. The van der Waals surface area contributed by atoms with Crippen molar-refractivity contribution in [1.82, 2.24) is 9.80 Å². The molecule has 0 unspecified atom stereocenters. The Morgan fingerprint density at radius 3 is 2.23 bits per heavy atom. The second-order valence-corrected chi connectivity index (χ2v) is 8.20. The Morgan fingerprint density at radius 2 is 1.68 bits per heavy atom. The Kier molecular flexibility index (Phi) is 7.33. The number of rotatable bonds is 6. The van der Waals surface area contributed by atoms with E-state index in [0.717, 1.165) is 5.69 Å². The molecule has 2 fully saturated rings. The number of methoxy groups -OCH3 is 2. The molecule has 3 rings (SSSR count). The van der Waals surface area contributed by atoms with E-state index in [9.17, 15) is 24.5 Å². The van der Waals surface area contributed by atoms with Crippen molar-refractivity contribution in [2.75, 3.05) is 57.6 Å². The van der Waals surface area contributed by atoms with Crippen molar-refractivity contribution in [3.05, 3.63) is 34.4 Å². The molecule has 2 aliphatic rings. The number of ether oxygens (including phenoxy) is 2. The molecule has 168 valence electrons. The van der Waals surface area contributed by atoms with Gasteiger partial charge in [-0.1, -0.05) is 0 Å². The number of thioether (sulfide) groups is 1. The lowest BCUT2D eigenvalue weighted by molar-refractivity contribution is -0.384. The van der Waals surface area contributed by atoms with Crippen molar-refractivity contribution in [1.29, 1.82) is 0 Å². The maximum atomic E-state index is 13.0. The van der Waals surface area contributed by atoms with Crippen LogP contribution in [0.5, 0.6) is 0 Å². The number of esters is 2. The molecule has 2 heterocycles. The molecule has 0 aliphatic carbocycles. The highest BCUT2D eigenvalue weighted by Crippen LogP contribution is 2.31. The SMILES string of the molecule is COC(=O)[C@@H]1CS[C@@H](C(=O)OC)N1C(=O)CN1CCN(c2ccc([N+](=O)[O-])cc2)CC1. The largest absolute Gasteiger partial charge is 0.467 e. The fourth-order valence-corrected chi connectivity index (χ4v) is 4.95. The highest BCUT2D eigenvalue weighted by molar-refractivity contribution is 8.00. The minimum Gasteiger partial charge on any atom is -0.467 e. The van der Waals surface area contributed by atoms with Gasteiger partial charge in [0.25, 0.3) is 5.69 Å². The molecule has 11 nitrogen and oxygen atoms in total. The smallest absolute Gasteiger partial charge is 0.339 e. The third-order valence-corrected chi connectivity index (χ3v) is 6.56. The van der Waals surface area contributed by atoms with Crippen LogP contribution in [0, 0.1) is 10.1 Å². The average molecular weight is 452 g/mol. The van der Waals surface area contributed by atoms with Gasteiger partial charge in [-0.15, -0.1) is 11.8 Å². The number of anilines is 1. The molecule has 0 aromatic heterocycles. The molecule has 1 amide bonds. The Labute approximate surface area is 183 Å². The van der Waals surface area contributed by atoms with Crippen LogP contribution in [0.4, 0.5) is 11.4 Å². The monoisotopic (exact) mass is 452 g/mol. The predicted molar refractivity (Wildman–Crippen MR) is 113 cm³/mol. The first-order chi connectivity index (χ1) is 14.8. The second-order valence-electron chi connectivity index (χ2n) is 7.09. The highest BCUT2D eigenvalue weighted by Gasteiger charge is 2.46. The van der Waals surface area contributed by atoms with E-state index in [4.69, 9.17) is 9.47 Å². The van der Waals surface area contributed by atoms with Crippen LogP contribution in [-0.4, -0.2) is 96.7 Å². The molecular weight excluding hydrogens is 428 g/mol. The zero-order valence-electron chi connectivity index (χ0n) is 17.3. The Morgan fingerprint density at radius 1 is 1.06 bits per heavy atom. The molecule has 1 aromatic carbocycles. The van der Waals surface area contributed by atoms with Gasteiger partial charge >= 0.3 is 11.9 Å². The molecular formula is C19H24N4O7S. The van der Waals surface area contributed by atoms with Gasteiger partial charge in [-0.2, -0.15) is 0 Å². The molecule has 0 bridgehead atoms. The summed E-state index contributed by atoms with van der Waals surface area (Å²) < 4.78 is 9.58. The summed E-state index contributed by atoms with van der Waals surface area (Å²) in [5.41, 5.74) is 0.917. The van der Waals surface area contributed by atoms with Gasteiger partial charge in [0, 0.05) is 49.8 Å². The van der Waals surface area contributed by atoms with Gasteiger partial charge in [0.15, 0.2) is 5.37 Å². The number of carbonyl (C=O) groups excluding carboxylic acids is 3. The van der Waals surface area contributed by atoms with Crippen LogP contribution in [0.15, 0.2) is 24.3 Å². The number of non-ortho nitro benzene ring substituents is 1. The second kappa shape index (κ2) is 9.96. The number of piperazine rings is 1. The molecule has 2 saturated heterocycles. The molecule has 31 heavy (non-hydrogen) atoms. The van der Waals surface area contributed by atoms with E-state index in [2.05, 4.69) is 4.90 Å². The van der Waals surface area contributed by atoms with Crippen LogP contribution in [0.3, 0.4) is 0 Å². The van der Waals surface area contributed by atoms with Gasteiger partial charge in [0.05, 0.1) is 25.7 Å². The first-order valence-corrected chi connectivity index (χ1v) is 10.7. The summed E-state index contributed by atoms with van der Waals surface area (Å²) >= 11 is 1.18. The molecule has 0 radical (unpaired) electrons. The van der Waals surface area contributed by atoms with Crippen LogP contribution < -0.4 is 4.90 Å². The zero-order valence-corrected chi connectivity index (χ0v) is 18.1. The molecule has 2 aliphatic heterocycles. The van der Waals surface area contributed by atoms with Gasteiger partial charge in [0.2, 0.25) is 5.91 Å². The first-order valence-electron chi connectivity index (χ1n) is 9.66. The fourth-order valence-electron chi connectivity index (χ4n) is 3.63. The van der Waals surface area contributed by atoms with E-state index in [1.165, 1.54) is 43.0 Å². The van der Waals surface area contributed by atoms with E-state index >= 15 is 0 Å². The Bertz CT molecular complexity index is 818. The quantitative estimate of drug-likeness (QED) is 0.339. The minimum absolute atomic E-state index is 0.0387. The summed E-state index contributed by atoms with van der Waals surface area (Å²) in [5.74, 6) is -1.20. The van der Waals surface area contributed by atoms with Crippen molar-refractivity contribution in [2.45, 2.75) is 11.4 Å². The molecule has 12 heteroatoms. The van der Waals surface area contributed by atoms with Crippen molar-refractivity contribution in [3.63, 3.8) is 0 Å². The molecule has 0 N–H and O–H groups in total. The lowest BCUT2D eigenvalue weighted by Crippen LogP contribution is -2.54. The van der Waals surface area contributed by atoms with E-state index < -0.39 is 28.3 Å². The summed E-state index contributed by atoms with van der Waals surface area (Å²) in [7, 11) is 2.49. The number of nitro benzene ring substituents is 1. The Hall–Kier alpha value is -2.86. The number of carbonyl (C=O) groups is 3. The van der Waals surface area contributed by atoms with E-state index in [1.54, 1.807) is 12.1 Å². The fraction of sp³-hybridized carbons (Fsp3) is 0.526. The third kappa shape index (κ3) is 5.07. The summed E-state index contributed by atoms with van der Waals surface area (Å²) in [6.07, 6.45) is 0. The van der Waals surface area contributed by atoms with Crippen molar-refractivity contribution in [3.8, 4) is 0 Å². The Balaban J connectivity index is 1.60. The number of hydrogen-bond acceptors (Lipinski definition) is 10. The van der Waals surface area contributed by atoms with Crippen LogP contribution in [-0.2, 0) is 23.9 Å². The van der Waals surface area contributed by atoms with E-state index in [1.807, 2.05) is 4.90 Å². The predicted octanol–water partition coefficient (Wildman–Crippen LogP) is 0.333. The first kappa shape index (κ1) is 22.8. The van der Waals surface area contributed by atoms with Gasteiger partial charge in [0.1, 0.15) is 6.04 Å². The summed E-state index contributed by atoms with van der Waals surface area (Å²) in [6.45, 7) is 2.53. The summed E-state index contributed by atoms with van der Waals surface area (Å²) in [6, 6.07) is 5.53. The van der Waals surface area contributed by atoms with Gasteiger partial charge in [-0.05, 0) is 12.1 Å². The van der Waals surface area contributed by atoms with Crippen molar-refractivity contribution in [2.24, 2.45) is 0 Å². The number of benzene rings is 1. The molecule has 2 atom stereocenters. The van der Waals surface area contributed by atoms with Crippen LogP contribution in [0.2, 0.25) is 0 Å². The van der Waals surface area contributed by atoms with Crippen LogP contribution in [0.25, 0.3) is 0 Å². The number of nitrogens with zero attached hydrogens (tertiary/aromatic N) is 4. The van der Waals surface area contributed by atoms with Crippen molar-refractivity contribution < 1.29 is 28.8 Å². The average Bonchev–Trinajstić information content (AvgIpc) is 3.24. The number of hydrogen-bond donors (Lipinski definition) is 0. The van der Waals surface area contributed by atoms with Crippen molar-refractivity contribution >= 4 is 41.0 Å². The zero-order chi connectivity index (χ0) is 22.5. The number of amides is 1. The van der Waals surface area contributed by atoms with E-state index in [-0.39, 0.29) is 23.9 Å². The van der Waals surface area contributed by atoms with Crippen LogP contribution in [0.1, 0.15) is 0 Å². The maximum absolute atomic E-state index is 13.0. The molecule has 1 aromatic rings. The lowest BCUT2D eigenvalue weighted by Gasteiger charge is -2.37. The van der Waals surface area contributed by atoms with Crippen LogP contribution >= 0.6 is 11.8 Å². The third-order valence-electron chi connectivity index (χ3n) is 5.32. The standard InChI is InChI=1S/C19H24N4O7S/c1-29-18(25)15-12-31-17(19(26)30-2)22(15)16(24)11-20-7-9-21(10-8-20)13-3-5-14(6-4-13)23(27)28/h3-6,15,17H,7-12H2,1-2H3/t15-,17-/m0/s1. The highest BCUT2D eigenvalue weighted by atomic mass is 32.2. The summed E-state index contributed by atoms with van der Waals surface area (Å²) in [4.78, 5) is 52.9. The van der Waals surface area contributed by atoms with Gasteiger partial charge in [-0.25, -0.2) is 9.59 Å². The topological polar surface area (TPSA) is 123 Å². The summed E-state index contributed by atoms with van der Waals surface area (Å²) in [5, 5.41) is 9.93. The van der Waals surface area contributed by atoms with Gasteiger partial charge < -0.3 is 19.3 Å². The minimum atomic E-state index is -0.872. The normalized spacial score (nSPS) is 21.6. The van der Waals surface area contributed by atoms with Gasteiger partial charge in [-0.3, -0.25) is 19.8 Å². The number of nitro groups is 1. The maximum Gasteiger partial charge on any atom is 0.339 e. The van der Waals surface area contributed by atoms with E-state index in [0.29, 0.717) is 26.2 Å².